The van der Waals surface area contributed by atoms with Crippen LogP contribution in [-0.4, -0.2) is 64.4 Å². The van der Waals surface area contributed by atoms with Crippen LogP contribution in [0.25, 0.3) is 0 Å². The summed E-state index contributed by atoms with van der Waals surface area (Å²) in [5.41, 5.74) is 2.74. The van der Waals surface area contributed by atoms with Gasteiger partial charge in [-0.05, 0) is 56.2 Å². The van der Waals surface area contributed by atoms with Crippen LogP contribution >= 0.6 is 11.6 Å². The lowest BCUT2D eigenvalue weighted by molar-refractivity contribution is -0.130. The van der Waals surface area contributed by atoms with Crippen molar-refractivity contribution in [2.24, 2.45) is 7.05 Å². The first kappa shape index (κ1) is 27.5. The minimum Gasteiger partial charge on any atom is -0.490 e. The molecule has 3 atom stereocenters. The van der Waals surface area contributed by atoms with Crippen molar-refractivity contribution in [1.82, 2.24) is 14.7 Å². The fourth-order valence-corrected chi connectivity index (χ4v) is 5.29. The molecule has 0 unspecified atom stereocenters. The molecule has 3 N–H and O–H groups in total. The highest BCUT2D eigenvalue weighted by Gasteiger charge is 2.39. The first-order valence-corrected chi connectivity index (χ1v) is 13.4. The number of rotatable bonds is 5. The average molecular weight is 567 g/mol. The highest BCUT2D eigenvalue weighted by atomic mass is 35.5. The van der Waals surface area contributed by atoms with Crippen LogP contribution in [0.5, 0.6) is 5.75 Å². The van der Waals surface area contributed by atoms with Gasteiger partial charge in [-0.25, -0.2) is 4.79 Å². The summed E-state index contributed by atoms with van der Waals surface area (Å²) < 4.78 is 13.9. The highest BCUT2D eigenvalue weighted by molar-refractivity contribution is 6.30. The third-order valence-electron chi connectivity index (χ3n) is 7.05. The van der Waals surface area contributed by atoms with Crippen LogP contribution in [0.15, 0.2) is 48.7 Å². The Morgan fingerprint density at radius 1 is 1.07 bits per heavy atom. The van der Waals surface area contributed by atoms with Crippen LogP contribution in [0.4, 0.5) is 21.9 Å². The van der Waals surface area contributed by atoms with Gasteiger partial charge >= 0.3 is 6.03 Å². The summed E-state index contributed by atoms with van der Waals surface area (Å²) in [6.45, 7) is 2.06. The lowest BCUT2D eigenvalue weighted by Gasteiger charge is -2.42. The maximum atomic E-state index is 13.5. The SMILES string of the molecule is Cc1nn(C)cc1NC(=O)C[C@@H]1CC[C@H]2[C@H](COc3ccc(NC(=O)Nc4cccc(Cl)c4)cc3C(=O)N2C)O1. The van der Waals surface area contributed by atoms with Crippen LogP contribution < -0.4 is 20.7 Å². The van der Waals surface area contributed by atoms with Crippen LogP contribution in [0, 0.1) is 6.92 Å². The lowest BCUT2D eigenvalue weighted by Crippen LogP contribution is -2.53. The third kappa shape index (κ3) is 6.21. The molecule has 0 aliphatic carbocycles. The number of amides is 4. The molecule has 0 radical (unpaired) electrons. The van der Waals surface area contributed by atoms with Gasteiger partial charge in [0.25, 0.3) is 5.91 Å². The van der Waals surface area contributed by atoms with Crippen LogP contribution in [-0.2, 0) is 16.6 Å². The number of nitrogens with zero attached hydrogens (tertiary/aromatic N) is 3. The number of ether oxygens (including phenoxy) is 2. The molecule has 1 aromatic heterocycles. The van der Waals surface area contributed by atoms with E-state index in [1.807, 2.05) is 6.92 Å². The van der Waals surface area contributed by atoms with Crippen molar-refractivity contribution in [2.45, 2.75) is 44.4 Å². The minimum absolute atomic E-state index is 0.152. The predicted octanol–water partition coefficient (Wildman–Crippen LogP) is 4.44. The smallest absolute Gasteiger partial charge is 0.323 e. The minimum atomic E-state index is -0.468. The lowest BCUT2D eigenvalue weighted by atomic mass is 9.94. The molecule has 1 fully saturated rings. The Morgan fingerprint density at radius 3 is 2.58 bits per heavy atom. The Morgan fingerprint density at radius 2 is 1.85 bits per heavy atom. The molecule has 3 aromatic rings. The number of carbonyl (C=O) groups excluding carboxylic acids is 3. The maximum Gasteiger partial charge on any atom is 0.323 e. The van der Waals surface area contributed by atoms with Gasteiger partial charge in [-0.1, -0.05) is 17.7 Å². The number of hydrogen-bond acceptors (Lipinski definition) is 6. The summed E-state index contributed by atoms with van der Waals surface area (Å²) in [5.74, 6) is 0.00239. The quantitative estimate of drug-likeness (QED) is 0.419. The van der Waals surface area contributed by atoms with Crippen molar-refractivity contribution >= 4 is 46.5 Å². The number of benzene rings is 2. The molecule has 12 heteroatoms. The third-order valence-corrected chi connectivity index (χ3v) is 7.29. The number of halogens is 1. The largest absolute Gasteiger partial charge is 0.490 e. The number of urea groups is 1. The molecule has 40 heavy (non-hydrogen) atoms. The first-order valence-electron chi connectivity index (χ1n) is 13.0. The zero-order valence-electron chi connectivity index (χ0n) is 22.4. The molecule has 2 aliphatic heterocycles. The van der Waals surface area contributed by atoms with Crippen molar-refractivity contribution in [3.05, 3.63) is 64.9 Å². The molecular weight excluding hydrogens is 536 g/mol. The molecule has 4 amide bonds. The molecule has 210 valence electrons. The van der Waals surface area contributed by atoms with E-state index < -0.39 is 12.1 Å². The van der Waals surface area contributed by atoms with E-state index in [2.05, 4.69) is 21.0 Å². The van der Waals surface area contributed by atoms with E-state index in [4.69, 9.17) is 21.1 Å². The van der Waals surface area contributed by atoms with Crippen molar-refractivity contribution in [1.29, 1.82) is 0 Å². The first-order chi connectivity index (χ1) is 19.2. The molecular formula is C28H31ClN6O5. The number of aromatic nitrogens is 2. The fraction of sp³-hybridized carbons (Fsp3) is 0.357. The highest BCUT2D eigenvalue weighted by Crippen LogP contribution is 2.33. The van der Waals surface area contributed by atoms with E-state index >= 15 is 0 Å². The molecule has 1 saturated heterocycles. The van der Waals surface area contributed by atoms with E-state index in [1.54, 1.807) is 72.3 Å². The van der Waals surface area contributed by atoms with Crippen molar-refractivity contribution < 1.29 is 23.9 Å². The summed E-state index contributed by atoms with van der Waals surface area (Å²) in [4.78, 5) is 40.3. The molecule has 2 aromatic carbocycles. The average Bonchev–Trinajstić information content (AvgIpc) is 3.22. The van der Waals surface area contributed by atoms with E-state index in [1.165, 1.54) is 0 Å². The summed E-state index contributed by atoms with van der Waals surface area (Å²) in [5, 5.41) is 13.1. The Bertz CT molecular complexity index is 1440. The zero-order chi connectivity index (χ0) is 28.4. The number of likely N-dealkylation sites (N-methyl/N-ethyl adjacent to an activating group) is 1. The van der Waals surface area contributed by atoms with Gasteiger partial charge in [0.15, 0.2) is 0 Å². The Balaban J connectivity index is 1.23. The Hall–Kier alpha value is -4.09. The Labute approximate surface area is 236 Å². The molecule has 2 aliphatic rings. The summed E-state index contributed by atoms with van der Waals surface area (Å²) >= 11 is 5.98. The summed E-state index contributed by atoms with van der Waals surface area (Å²) in [6.07, 6.45) is 2.55. The van der Waals surface area contributed by atoms with Gasteiger partial charge < -0.3 is 30.3 Å². The Kier molecular flexibility index (Phi) is 7.95. The number of fused-ring (bicyclic) bond motifs is 2. The number of anilines is 3. The second-order valence-electron chi connectivity index (χ2n) is 10.0. The molecule has 5 rings (SSSR count). The molecule has 3 heterocycles. The van der Waals surface area contributed by atoms with Crippen LogP contribution in [0.3, 0.4) is 0 Å². The summed E-state index contributed by atoms with van der Waals surface area (Å²) in [7, 11) is 3.54. The second kappa shape index (κ2) is 11.6. The van der Waals surface area contributed by atoms with Gasteiger partial charge in [-0.3, -0.25) is 14.3 Å². The normalized spacial score (nSPS) is 20.4. The second-order valence-corrected chi connectivity index (χ2v) is 10.5. The van der Waals surface area contributed by atoms with Gasteiger partial charge in [0.05, 0.1) is 35.5 Å². The van der Waals surface area contributed by atoms with E-state index in [9.17, 15) is 14.4 Å². The van der Waals surface area contributed by atoms with Crippen LogP contribution in [0.2, 0.25) is 5.02 Å². The number of carbonyl (C=O) groups is 3. The van der Waals surface area contributed by atoms with Crippen molar-refractivity contribution in [3.8, 4) is 5.75 Å². The standard InChI is InChI=1S/C28H31ClN6O5/c1-16-22(14-34(2)33-16)32-26(36)13-20-8-9-23-25(40-20)15-39-24-10-7-19(12-21(24)27(37)35(23)3)31-28(38)30-18-6-4-5-17(29)11-18/h4-7,10-12,14,20,23,25H,8-9,13,15H2,1-3H3,(H,32,36)(H2,30,31,38)/t20-,23-,25-/m0/s1. The van der Waals surface area contributed by atoms with Gasteiger partial charge in [0, 0.05) is 36.7 Å². The topological polar surface area (TPSA) is 127 Å². The molecule has 0 spiro atoms. The maximum absolute atomic E-state index is 13.5. The monoisotopic (exact) mass is 566 g/mol. The number of aryl methyl sites for hydroxylation is 2. The fourth-order valence-electron chi connectivity index (χ4n) is 5.10. The van der Waals surface area contributed by atoms with Gasteiger partial charge in [-0.2, -0.15) is 5.10 Å². The number of nitrogens with one attached hydrogen (secondary N) is 3. The van der Waals surface area contributed by atoms with E-state index in [-0.39, 0.29) is 37.0 Å². The predicted molar refractivity (Wildman–Crippen MR) is 151 cm³/mol. The summed E-state index contributed by atoms with van der Waals surface area (Å²) in [6, 6.07) is 11.0. The van der Waals surface area contributed by atoms with Gasteiger partial charge in [0.2, 0.25) is 5.91 Å². The molecule has 11 nitrogen and oxygen atoms in total. The molecule has 0 bridgehead atoms. The molecule has 0 saturated carbocycles. The van der Waals surface area contributed by atoms with Gasteiger partial charge in [0.1, 0.15) is 18.5 Å². The van der Waals surface area contributed by atoms with E-state index in [0.717, 1.165) is 5.69 Å². The van der Waals surface area contributed by atoms with Gasteiger partial charge in [-0.15, -0.1) is 0 Å². The van der Waals surface area contributed by atoms with Crippen molar-refractivity contribution in [3.63, 3.8) is 0 Å². The van der Waals surface area contributed by atoms with Crippen LogP contribution in [0.1, 0.15) is 35.3 Å². The number of hydrogen-bond donors (Lipinski definition) is 3. The zero-order valence-corrected chi connectivity index (χ0v) is 23.2. The van der Waals surface area contributed by atoms with Crippen molar-refractivity contribution in [2.75, 3.05) is 29.6 Å². The van der Waals surface area contributed by atoms with E-state index in [0.29, 0.717) is 46.2 Å².